The summed E-state index contributed by atoms with van der Waals surface area (Å²) >= 11 is 0. The van der Waals surface area contributed by atoms with E-state index < -0.39 is 11.9 Å². The smallest absolute Gasteiger partial charge is 0.234 e. The predicted octanol–water partition coefficient (Wildman–Crippen LogP) is 4.10. The van der Waals surface area contributed by atoms with Crippen LogP contribution < -0.4 is 15.8 Å². The molecule has 0 aliphatic heterocycles. The minimum atomic E-state index is -0.469. The van der Waals surface area contributed by atoms with Gasteiger partial charge < -0.3 is 15.8 Å². The highest BCUT2D eigenvalue weighted by molar-refractivity contribution is 5.79. The molecule has 0 saturated carbocycles. The standard InChI is InChI=1S/C24H24F2N2O2/c1-16(24(27)29)28-14-17-9-10-23(30-15-18-5-4-7-21(25)12-18)20(11-17)13-19-6-2-3-8-22(19)26/h2-12,16,28H,13-15H2,1H3,(H2,27,29)/t16-/m0/s1. The lowest BCUT2D eigenvalue weighted by Crippen LogP contribution is -2.38. The van der Waals surface area contributed by atoms with Crippen molar-refractivity contribution >= 4 is 5.91 Å². The molecule has 0 saturated heterocycles. The van der Waals surface area contributed by atoms with E-state index in [-0.39, 0.29) is 18.2 Å². The van der Waals surface area contributed by atoms with Crippen LogP contribution in [0.5, 0.6) is 5.75 Å². The van der Waals surface area contributed by atoms with E-state index in [0.717, 1.165) is 11.1 Å². The minimum Gasteiger partial charge on any atom is -0.489 e. The summed E-state index contributed by atoms with van der Waals surface area (Å²) in [6.45, 7) is 2.32. The molecule has 1 atom stereocenters. The molecular formula is C24H24F2N2O2. The second-order valence-corrected chi connectivity index (χ2v) is 7.13. The number of carbonyl (C=O) groups is 1. The number of nitrogens with two attached hydrogens (primary N) is 1. The fraction of sp³-hybridized carbons (Fsp3) is 0.208. The van der Waals surface area contributed by atoms with Crippen LogP contribution in [0.25, 0.3) is 0 Å². The number of hydrogen-bond acceptors (Lipinski definition) is 3. The number of amides is 1. The molecule has 3 N–H and O–H groups in total. The largest absolute Gasteiger partial charge is 0.489 e. The molecule has 156 valence electrons. The second-order valence-electron chi connectivity index (χ2n) is 7.13. The van der Waals surface area contributed by atoms with E-state index in [4.69, 9.17) is 10.5 Å². The first-order chi connectivity index (χ1) is 14.4. The van der Waals surface area contributed by atoms with Crippen molar-refractivity contribution in [3.63, 3.8) is 0 Å². The molecule has 0 radical (unpaired) electrons. The van der Waals surface area contributed by atoms with E-state index in [9.17, 15) is 13.6 Å². The summed E-state index contributed by atoms with van der Waals surface area (Å²) in [5.74, 6) is -0.460. The maximum Gasteiger partial charge on any atom is 0.234 e. The van der Waals surface area contributed by atoms with E-state index in [1.807, 2.05) is 12.1 Å². The Bertz CT molecular complexity index is 1020. The van der Waals surface area contributed by atoms with Crippen LogP contribution in [-0.4, -0.2) is 11.9 Å². The van der Waals surface area contributed by atoms with Crippen LogP contribution in [0, 0.1) is 11.6 Å². The average molecular weight is 410 g/mol. The van der Waals surface area contributed by atoms with Crippen molar-refractivity contribution in [3.05, 3.63) is 101 Å². The van der Waals surface area contributed by atoms with Gasteiger partial charge in [0.25, 0.3) is 0 Å². The molecule has 0 aromatic heterocycles. The summed E-state index contributed by atoms with van der Waals surface area (Å²) in [6.07, 6.45) is 0.338. The Kier molecular flexibility index (Phi) is 7.14. The van der Waals surface area contributed by atoms with Crippen LogP contribution in [0.2, 0.25) is 0 Å². The molecule has 0 aliphatic rings. The third kappa shape index (κ3) is 5.87. The number of nitrogens with one attached hydrogen (secondary N) is 1. The zero-order valence-electron chi connectivity index (χ0n) is 16.7. The molecule has 3 aromatic rings. The number of hydrogen-bond donors (Lipinski definition) is 2. The van der Waals surface area contributed by atoms with Gasteiger partial charge in [0.15, 0.2) is 0 Å². The number of halogens is 2. The van der Waals surface area contributed by atoms with E-state index in [2.05, 4.69) is 5.32 Å². The van der Waals surface area contributed by atoms with Gasteiger partial charge in [0.1, 0.15) is 24.0 Å². The molecule has 0 bridgehead atoms. The van der Waals surface area contributed by atoms with Crippen LogP contribution in [0.1, 0.15) is 29.2 Å². The summed E-state index contributed by atoms with van der Waals surface area (Å²) in [6, 6.07) is 17.9. The minimum absolute atomic E-state index is 0.193. The lowest BCUT2D eigenvalue weighted by molar-refractivity contribution is -0.119. The van der Waals surface area contributed by atoms with E-state index in [0.29, 0.717) is 29.8 Å². The van der Waals surface area contributed by atoms with Gasteiger partial charge in [-0.1, -0.05) is 42.5 Å². The van der Waals surface area contributed by atoms with Gasteiger partial charge in [-0.3, -0.25) is 4.79 Å². The van der Waals surface area contributed by atoms with Gasteiger partial charge in [-0.15, -0.1) is 0 Å². The molecule has 0 spiro atoms. The highest BCUT2D eigenvalue weighted by Gasteiger charge is 2.12. The van der Waals surface area contributed by atoms with Crippen LogP contribution >= 0.6 is 0 Å². The Morgan fingerprint density at radius 3 is 2.53 bits per heavy atom. The SMILES string of the molecule is C[C@H](NCc1ccc(OCc2cccc(F)c2)c(Cc2ccccc2F)c1)C(N)=O. The molecule has 0 fully saturated rings. The Morgan fingerprint density at radius 1 is 1.00 bits per heavy atom. The molecule has 6 heteroatoms. The van der Waals surface area contributed by atoms with Crippen molar-refractivity contribution in [1.29, 1.82) is 0 Å². The summed E-state index contributed by atoms with van der Waals surface area (Å²) in [7, 11) is 0. The topological polar surface area (TPSA) is 64.3 Å². The van der Waals surface area contributed by atoms with Gasteiger partial charge in [-0.25, -0.2) is 8.78 Å². The Balaban J connectivity index is 1.82. The summed E-state index contributed by atoms with van der Waals surface area (Å²) in [5.41, 5.74) is 8.24. The van der Waals surface area contributed by atoms with Gasteiger partial charge in [0, 0.05) is 13.0 Å². The van der Waals surface area contributed by atoms with Crippen molar-refractivity contribution in [2.45, 2.75) is 32.5 Å². The van der Waals surface area contributed by atoms with Crippen molar-refractivity contribution in [3.8, 4) is 5.75 Å². The summed E-state index contributed by atoms with van der Waals surface area (Å²) in [5, 5.41) is 3.05. The molecule has 3 rings (SSSR count). The molecule has 30 heavy (non-hydrogen) atoms. The first-order valence-electron chi connectivity index (χ1n) is 9.67. The Labute approximate surface area is 174 Å². The number of ether oxygens (including phenoxy) is 1. The fourth-order valence-electron chi connectivity index (χ4n) is 3.03. The van der Waals surface area contributed by atoms with Crippen molar-refractivity contribution in [2.24, 2.45) is 5.73 Å². The van der Waals surface area contributed by atoms with Crippen LogP contribution in [0.15, 0.2) is 66.7 Å². The van der Waals surface area contributed by atoms with Gasteiger partial charge in [-0.2, -0.15) is 0 Å². The number of benzene rings is 3. The molecule has 4 nitrogen and oxygen atoms in total. The van der Waals surface area contributed by atoms with Gasteiger partial charge in [0.2, 0.25) is 5.91 Å². The van der Waals surface area contributed by atoms with E-state index in [1.54, 1.807) is 43.3 Å². The molecular weight excluding hydrogens is 386 g/mol. The Morgan fingerprint density at radius 2 is 1.80 bits per heavy atom. The predicted molar refractivity (Wildman–Crippen MR) is 112 cm³/mol. The summed E-state index contributed by atoms with van der Waals surface area (Å²) in [4.78, 5) is 11.2. The average Bonchev–Trinajstić information content (AvgIpc) is 2.73. The van der Waals surface area contributed by atoms with E-state index in [1.165, 1.54) is 18.2 Å². The third-order valence-electron chi connectivity index (χ3n) is 4.79. The third-order valence-corrected chi connectivity index (χ3v) is 4.79. The highest BCUT2D eigenvalue weighted by Crippen LogP contribution is 2.25. The molecule has 3 aromatic carbocycles. The zero-order chi connectivity index (χ0) is 21.5. The monoisotopic (exact) mass is 410 g/mol. The fourth-order valence-corrected chi connectivity index (χ4v) is 3.03. The molecule has 1 amide bonds. The van der Waals surface area contributed by atoms with Crippen LogP contribution in [-0.2, 0) is 24.4 Å². The normalized spacial score (nSPS) is 11.8. The second kappa shape index (κ2) is 9.98. The lowest BCUT2D eigenvalue weighted by atomic mass is 10.0. The zero-order valence-corrected chi connectivity index (χ0v) is 16.7. The van der Waals surface area contributed by atoms with E-state index >= 15 is 0 Å². The molecule has 0 aliphatic carbocycles. The van der Waals surface area contributed by atoms with Crippen LogP contribution in [0.3, 0.4) is 0 Å². The first-order valence-corrected chi connectivity index (χ1v) is 9.67. The number of primary amides is 1. The molecule has 0 heterocycles. The van der Waals surface area contributed by atoms with Gasteiger partial charge in [0.05, 0.1) is 6.04 Å². The van der Waals surface area contributed by atoms with Gasteiger partial charge in [-0.05, 0) is 53.4 Å². The van der Waals surface area contributed by atoms with Gasteiger partial charge >= 0.3 is 0 Å². The van der Waals surface area contributed by atoms with Crippen molar-refractivity contribution < 1.29 is 18.3 Å². The lowest BCUT2D eigenvalue weighted by Gasteiger charge is -2.15. The number of carbonyl (C=O) groups excluding carboxylic acids is 1. The maximum atomic E-state index is 14.2. The maximum absolute atomic E-state index is 14.2. The summed E-state index contributed by atoms with van der Waals surface area (Å²) < 4.78 is 33.6. The molecule has 0 unspecified atom stereocenters. The first kappa shape index (κ1) is 21.5. The van der Waals surface area contributed by atoms with Crippen LogP contribution in [0.4, 0.5) is 8.78 Å². The quantitative estimate of drug-likeness (QED) is 0.558. The highest BCUT2D eigenvalue weighted by atomic mass is 19.1. The Hall–Kier alpha value is -3.25. The van der Waals surface area contributed by atoms with Crippen molar-refractivity contribution in [1.82, 2.24) is 5.32 Å². The van der Waals surface area contributed by atoms with Crippen molar-refractivity contribution in [2.75, 3.05) is 0 Å². The number of rotatable bonds is 9.